The fraction of sp³-hybridized carbons (Fsp3) is 0.619. The quantitative estimate of drug-likeness (QED) is 0.568. The Labute approximate surface area is 156 Å². The molecule has 1 aliphatic carbocycles. The summed E-state index contributed by atoms with van der Waals surface area (Å²) in [6.07, 6.45) is 6.35. The number of para-hydroxylation sites is 1. The van der Waals surface area contributed by atoms with Gasteiger partial charge < -0.3 is 15.4 Å². The van der Waals surface area contributed by atoms with Gasteiger partial charge in [-0.2, -0.15) is 0 Å². The van der Waals surface area contributed by atoms with E-state index >= 15 is 0 Å². The van der Waals surface area contributed by atoms with Crippen molar-refractivity contribution in [1.82, 2.24) is 4.90 Å². The molecule has 1 saturated carbocycles. The van der Waals surface area contributed by atoms with Crippen molar-refractivity contribution in [2.45, 2.75) is 77.0 Å². The number of ketones is 1. The van der Waals surface area contributed by atoms with Gasteiger partial charge in [0, 0.05) is 19.1 Å². The van der Waals surface area contributed by atoms with Crippen molar-refractivity contribution in [1.29, 1.82) is 0 Å². The van der Waals surface area contributed by atoms with Crippen molar-refractivity contribution < 1.29 is 14.3 Å². The second kappa shape index (κ2) is 9.72. The Morgan fingerprint density at radius 2 is 1.85 bits per heavy atom. The Hall–Kier alpha value is -1.88. The fourth-order valence-corrected chi connectivity index (χ4v) is 3.54. The summed E-state index contributed by atoms with van der Waals surface area (Å²) in [4.78, 5) is 27.2. The number of nitrogens with zero attached hydrogens (tertiary/aromatic N) is 1. The van der Waals surface area contributed by atoms with Crippen molar-refractivity contribution >= 4 is 11.7 Å². The van der Waals surface area contributed by atoms with Gasteiger partial charge in [0.1, 0.15) is 5.75 Å². The molecule has 1 fully saturated rings. The fourth-order valence-electron chi connectivity index (χ4n) is 3.54. The van der Waals surface area contributed by atoms with Crippen molar-refractivity contribution in [2.75, 3.05) is 7.05 Å². The number of likely N-dealkylation sites (N-methyl/N-ethyl adjacent to an activating group) is 1. The molecule has 1 unspecified atom stereocenters. The summed E-state index contributed by atoms with van der Waals surface area (Å²) < 4.78 is 6.04. The first-order chi connectivity index (χ1) is 12.5. The van der Waals surface area contributed by atoms with Gasteiger partial charge in [-0.15, -0.1) is 0 Å². The van der Waals surface area contributed by atoms with Crippen LogP contribution in [0.15, 0.2) is 24.3 Å². The molecule has 26 heavy (non-hydrogen) atoms. The summed E-state index contributed by atoms with van der Waals surface area (Å²) in [5.41, 5.74) is 6.29. The third kappa shape index (κ3) is 5.07. The molecule has 2 rings (SSSR count). The summed E-state index contributed by atoms with van der Waals surface area (Å²) >= 11 is 0. The highest BCUT2D eigenvalue weighted by Crippen LogP contribution is 2.25. The first-order valence-corrected chi connectivity index (χ1v) is 9.80. The van der Waals surface area contributed by atoms with Gasteiger partial charge in [0.25, 0.3) is 11.7 Å². The van der Waals surface area contributed by atoms with E-state index in [1.54, 1.807) is 30.1 Å². The first-order valence-electron chi connectivity index (χ1n) is 9.80. The van der Waals surface area contributed by atoms with Crippen LogP contribution in [0.4, 0.5) is 0 Å². The normalized spacial score (nSPS) is 21.1. The van der Waals surface area contributed by atoms with Gasteiger partial charge in [0.05, 0.1) is 11.7 Å². The molecule has 0 heterocycles. The molecule has 1 aliphatic rings. The molecule has 5 nitrogen and oxygen atoms in total. The van der Waals surface area contributed by atoms with Crippen LogP contribution in [0.2, 0.25) is 0 Å². The Morgan fingerprint density at radius 1 is 1.19 bits per heavy atom. The van der Waals surface area contributed by atoms with Gasteiger partial charge in [-0.25, -0.2) is 0 Å². The van der Waals surface area contributed by atoms with E-state index in [1.165, 1.54) is 0 Å². The van der Waals surface area contributed by atoms with Crippen molar-refractivity contribution in [3.8, 4) is 5.75 Å². The molecular weight excluding hydrogens is 328 g/mol. The number of carbonyl (C=O) groups is 2. The molecule has 0 bridgehead atoms. The lowest BCUT2D eigenvalue weighted by molar-refractivity contribution is -0.127. The largest absolute Gasteiger partial charge is 0.490 e. The summed E-state index contributed by atoms with van der Waals surface area (Å²) in [6.45, 7) is 4.18. The number of benzene rings is 1. The Morgan fingerprint density at radius 3 is 2.46 bits per heavy atom. The number of hydrogen-bond donors (Lipinski definition) is 1. The molecule has 144 valence electrons. The van der Waals surface area contributed by atoms with Crippen LogP contribution in [0, 0.1) is 0 Å². The monoisotopic (exact) mass is 360 g/mol. The Kier molecular flexibility index (Phi) is 7.64. The van der Waals surface area contributed by atoms with Gasteiger partial charge in [0.15, 0.2) is 0 Å². The molecule has 0 spiro atoms. The molecule has 0 radical (unpaired) electrons. The van der Waals surface area contributed by atoms with Gasteiger partial charge in [-0.1, -0.05) is 32.4 Å². The molecule has 1 aromatic rings. The van der Waals surface area contributed by atoms with E-state index in [4.69, 9.17) is 10.5 Å². The molecule has 0 aliphatic heterocycles. The van der Waals surface area contributed by atoms with E-state index < -0.39 is 11.7 Å². The third-order valence-corrected chi connectivity index (χ3v) is 5.29. The average molecular weight is 360 g/mol. The standard InChI is InChI=1S/C21H32N2O3/c1-4-8-17(5-2)26-19-10-7-6-9-18(19)20(24)21(25)23(3)16-13-11-15(22)12-14-16/h6-7,9-10,15-17H,4-5,8,11-14,22H2,1-3H3. The summed E-state index contributed by atoms with van der Waals surface area (Å²) in [5, 5.41) is 0. The number of nitrogens with two attached hydrogens (primary N) is 1. The zero-order valence-corrected chi connectivity index (χ0v) is 16.2. The van der Waals surface area contributed by atoms with E-state index in [1.807, 2.05) is 6.07 Å². The van der Waals surface area contributed by atoms with Gasteiger partial charge in [-0.3, -0.25) is 9.59 Å². The minimum Gasteiger partial charge on any atom is -0.490 e. The van der Waals surface area contributed by atoms with Crippen molar-refractivity contribution in [2.24, 2.45) is 5.73 Å². The van der Waals surface area contributed by atoms with Crippen LogP contribution in [0.25, 0.3) is 0 Å². The second-order valence-electron chi connectivity index (χ2n) is 7.25. The topological polar surface area (TPSA) is 72.6 Å². The summed E-state index contributed by atoms with van der Waals surface area (Å²) in [7, 11) is 1.72. The van der Waals surface area contributed by atoms with Crippen LogP contribution in [-0.2, 0) is 4.79 Å². The van der Waals surface area contributed by atoms with Gasteiger partial charge in [0.2, 0.25) is 0 Å². The first kappa shape index (κ1) is 20.4. The van der Waals surface area contributed by atoms with Gasteiger partial charge >= 0.3 is 0 Å². The maximum Gasteiger partial charge on any atom is 0.295 e. The minimum atomic E-state index is -0.496. The van der Waals surface area contributed by atoms with Crippen LogP contribution >= 0.6 is 0 Å². The highest BCUT2D eigenvalue weighted by Gasteiger charge is 2.30. The SMILES string of the molecule is CCCC(CC)Oc1ccccc1C(=O)C(=O)N(C)C1CCC(N)CC1. The third-order valence-electron chi connectivity index (χ3n) is 5.29. The lowest BCUT2D eigenvalue weighted by Gasteiger charge is -2.33. The number of amides is 1. The van der Waals surface area contributed by atoms with E-state index in [2.05, 4.69) is 13.8 Å². The maximum atomic E-state index is 12.8. The molecule has 1 aromatic carbocycles. The summed E-state index contributed by atoms with van der Waals surface area (Å²) in [5.74, 6) is -0.459. The molecule has 0 aromatic heterocycles. The number of hydrogen-bond acceptors (Lipinski definition) is 4. The lowest BCUT2D eigenvalue weighted by atomic mass is 9.90. The van der Waals surface area contributed by atoms with Crippen LogP contribution < -0.4 is 10.5 Å². The highest BCUT2D eigenvalue weighted by atomic mass is 16.5. The van der Waals surface area contributed by atoms with E-state index in [0.717, 1.165) is 44.9 Å². The molecule has 1 atom stereocenters. The second-order valence-corrected chi connectivity index (χ2v) is 7.25. The van der Waals surface area contributed by atoms with Crippen LogP contribution in [0.5, 0.6) is 5.75 Å². The average Bonchev–Trinajstić information content (AvgIpc) is 2.67. The smallest absolute Gasteiger partial charge is 0.295 e. The highest BCUT2D eigenvalue weighted by molar-refractivity contribution is 6.43. The summed E-state index contributed by atoms with van der Waals surface area (Å²) in [6, 6.07) is 7.36. The molecule has 0 saturated heterocycles. The zero-order chi connectivity index (χ0) is 19.1. The molecule has 2 N–H and O–H groups in total. The maximum absolute atomic E-state index is 12.8. The number of Topliss-reactive ketones (excluding diaryl/α,β-unsaturated/α-hetero) is 1. The van der Waals surface area contributed by atoms with Crippen LogP contribution in [0.1, 0.15) is 69.2 Å². The lowest BCUT2D eigenvalue weighted by Crippen LogP contribution is -2.44. The van der Waals surface area contributed by atoms with Gasteiger partial charge in [-0.05, 0) is 50.7 Å². The van der Waals surface area contributed by atoms with Crippen LogP contribution in [-0.4, -0.2) is 41.8 Å². The molecule has 1 amide bonds. The van der Waals surface area contributed by atoms with Crippen LogP contribution in [0.3, 0.4) is 0 Å². The Balaban J connectivity index is 2.11. The predicted octanol–water partition coefficient (Wildman–Crippen LogP) is 3.56. The van der Waals surface area contributed by atoms with E-state index in [0.29, 0.717) is 11.3 Å². The predicted molar refractivity (Wildman–Crippen MR) is 103 cm³/mol. The van der Waals surface area contributed by atoms with E-state index in [9.17, 15) is 9.59 Å². The Bertz CT molecular complexity index is 609. The van der Waals surface area contributed by atoms with Crippen molar-refractivity contribution in [3.63, 3.8) is 0 Å². The molecular formula is C21H32N2O3. The van der Waals surface area contributed by atoms with Crippen molar-refractivity contribution in [3.05, 3.63) is 29.8 Å². The number of ether oxygens (including phenoxy) is 1. The minimum absolute atomic E-state index is 0.0570. The zero-order valence-electron chi connectivity index (χ0n) is 16.2. The van der Waals surface area contributed by atoms with E-state index in [-0.39, 0.29) is 18.2 Å². The molecule has 5 heteroatoms. The number of carbonyl (C=O) groups excluding carboxylic acids is 2. The number of rotatable bonds is 8.